The van der Waals surface area contributed by atoms with Crippen molar-refractivity contribution in [2.45, 2.75) is 20.0 Å². The molecule has 0 atom stereocenters. The molecule has 0 bridgehead atoms. The minimum atomic E-state index is -0.320. The van der Waals surface area contributed by atoms with Crippen molar-refractivity contribution in [1.29, 1.82) is 0 Å². The number of halogens is 1. The Kier molecular flexibility index (Phi) is 8.53. The van der Waals surface area contributed by atoms with E-state index in [0.717, 1.165) is 16.0 Å². The molecule has 3 aromatic rings. The van der Waals surface area contributed by atoms with E-state index in [1.54, 1.807) is 59.7 Å². The summed E-state index contributed by atoms with van der Waals surface area (Å²) in [6.07, 6.45) is 0. The topological polar surface area (TPSA) is 49.9 Å². The Bertz CT molecular complexity index is 1020. The summed E-state index contributed by atoms with van der Waals surface area (Å²) in [6.45, 7) is 3.33. The molecule has 0 aliphatic rings. The number of thiophene rings is 1. The first kappa shape index (κ1) is 23.6. The highest BCUT2D eigenvalue weighted by Crippen LogP contribution is 2.20. The van der Waals surface area contributed by atoms with Crippen LogP contribution in [0.25, 0.3) is 0 Å². The van der Waals surface area contributed by atoms with Gasteiger partial charge in [0, 0.05) is 30.6 Å². The summed E-state index contributed by atoms with van der Waals surface area (Å²) >= 11 is 1.59. The van der Waals surface area contributed by atoms with Gasteiger partial charge in [-0.1, -0.05) is 30.3 Å². The standard InChI is InChI=1S/C25H27FN2O3S/c1-19-12-15-32-23(19)17-28(16-20-8-10-22(26)11-9-20)24(29)18-27(13-14-31-2)25(30)21-6-4-3-5-7-21/h3-12,15H,13-14,16-18H2,1-2H3. The van der Waals surface area contributed by atoms with E-state index < -0.39 is 0 Å². The molecule has 0 N–H and O–H groups in total. The van der Waals surface area contributed by atoms with E-state index in [4.69, 9.17) is 4.74 Å². The predicted molar refractivity (Wildman–Crippen MR) is 124 cm³/mol. The number of aryl methyl sites for hydroxylation is 1. The number of benzene rings is 2. The quantitative estimate of drug-likeness (QED) is 0.453. The molecule has 0 spiro atoms. The van der Waals surface area contributed by atoms with Crippen LogP contribution in [-0.4, -0.2) is 48.4 Å². The molecule has 32 heavy (non-hydrogen) atoms. The predicted octanol–water partition coefficient (Wildman–Crippen LogP) is 4.51. The number of ether oxygens (including phenoxy) is 1. The average molecular weight is 455 g/mol. The molecule has 2 amide bonds. The van der Waals surface area contributed by atoms with Gasteiger partial charge in [0.15, 0.2) is 0 Å². The highest BCUT2D eigenvalue weighted by Gasteiger charge is 2.23. The van der Waals surface area contributed by atoms with E-state index in [-0.39, 0.29) is 24.2 Å². The largest absolute Gasteiger partial charge is 0.383 e. The molecule has 0 unspecified atom stereocenters. The summed E-state index contributed by atoms with van der Waals surface area (Å²) in [5.74, 6) is -0.715. The van der Waals surface area contributed by atoms with Gasteiger partial charge in [-0.3, -0.25) is 9.59 Å². The van der Waals surface area contributed by atoms with Crippen molar-refractivity contribution < 1.29 is 18.7 Å². The van der Waals surface area contributed by atoms with Gasteiger partial charge in [0.2, 0.25) is 5.91 Å². The molecule has 0 saturated carbocycles. The van der Waals surface area contributed by atoms with Gasteiger partial charge in [0.1, 0.15) is 12.4 Å². The Morgan fingerprint density at radius 2 is 1.69 bits per heavy atom. The van der Waals surface area contributed by atoms with Crippen LogP contribution in [0.4, 0.5) is 4.39 Å². The van der Waals surface area contributed by atoms with Crippen LogP contribution in [0.1, 0.15) is 26.4 Å². The molecule has 0 radical (unpaired) electrons. The second kappa shape index (κ2) is 11.5. The van der Waals surface area contributed by atoms with Gasteiger partial charge in [0.05, 0.1) is 13.2 Å². The number of carbonyl (C=O) groups is 2. The molecular weight excluding hydrogens is 427 g/mol. The first-order chi connectivity index (χ1) is 15.5. The molecule has 1 heterocycles. The summed E-state index contributed by atoms with van der Waals surface area (Å²) in [5, 5.41) is 2.00. The van der Waals surface area contributed by atoms with Crippen LogP contribution in [0.2, 0.25) is 0 Å². The third-order valence-electron chi connectivity index (χ3n) is 5.14. The van der Waals surface area contributed by atoms with Crippen molar-refractivity contribution in [1.82, 2.24) is 9.80 Å². The molecule has 0 aliphatic heterocycles. The van der Waals surface area contributed by atoms with Crippen LogP contribution < -0.4 is 0 Å². The van der Waals surface area contributed by atoms with Gasteiger partial charge in [0.25, 0.3) is 5.91 Å². The van der Waals surface area contributed by atoms with Crippen molar-refractivity contribution in [3.05, 3.63) is 93.4 Å². The van der Waals surface area contributed by atoms with Crippen molar-refractivity contribution in [2.75, 3.05) is 26.8 Å². The average Bonchev–Trinajstić information content (AvgIpc) is 3.21. The van der Waals surface area contributed by atoms with E-state index in [9.17, 15) is 14.0 Å². The molecule has 1 aromatic heterocycles. The summed E-state index contributed by atoms with van der Waals surface area (Å²) < 4.78 is 18.5. The smallest absolute Gasteiger partial charge is 0.254 e. The van der Waals surface area contributed by atoms with Gasteiger partial charge in [-0.05, 0) is 53.8 Å². The lowest BCUT2D eigenvalue weighted by atomic mass is 10.1. The number of rotatable bonds is 10. The number of amides is 2. The minimum absolute atomic E-state index is 0.0668. The molecule has 168 valence electrons. The normalized spacial score (nSPS) is 10.7. The Balaban J connectivity index is 1.80. The summed E-state index contributed by atoms with van der Waals surface area (Å²) in [5.41, 5.74) is 2.46. The fourth-order valence-corrected chi connectivity index (χ4v) is 4.18. The van der Waals surface area contributed by atoms with Crippen molar-refractivity contribution in [3.63, 3.8) is 0 Å². The van der Waals surface area contributed by atoms with Gasteiger partial charge in [-0.15, -0.1) is 11.3 Å². The highest BCUT2D eigenvalue weighted by atomic mass is 32.1. The SMILES string of the molecule is COCCN(CC(=O)N(Cc1ccc(F)cc1)Cc1sccc1C)C(=O)c1ccccc1. The minimum Gasteiger partial charge on any atom is -0.383 e. The van der Waals surface area contributed by atoms with Crippen LogP contribution in [0.15, 0.2) is 66.0 Å². The summed E-state index contributed by atoms with van der Waals surface area (Å²) in [6, 6.07) is 17.0. The van der Waals surface area contributed by atoms with Gasteiger partial charge < -0.3 is 14.5 Å². The molecule has 0 aliphatic carbocycles. The lowest BCUT2D eigenvalue weighted by Crippen LogP contribution is -2.43. The second-order valence-electron chi connectivity index (χ2n) is 7.49. The summed E-state index contributed by atoms with van der Waals surface area (Å²) in [7, 11) is 1.56. The van der Waals surface area contributed by atoms with E-state index >= 15 is 0 Å². The highest BCUT2D eigenvalue weighted by molar-refractivity contribution is 7.10. The number of methoxy groups -OCH3 is 1. The molecule has 3 rings (SSSR count). The second-order valence-corrected chi connectivity index (χ2v) is 8.49. The van der Waals surface area contributed by atoms with Crippen LogP contribution >= 0.6 is 11.3 Å². The fraction of sp³-hybridized carbons (Fsp3) is 0.280. The lowest BCUT2D eigenvalue weighted by molar-refractivity contribution is -0.133. The number of hydrogen-bond donors (Lipinski definition) is 0. The van der Waals surface area contributed by atoms with Crippen LogP contribution in [0.5, 0.6) is 0 Å². The molecule has 0 saturated heterocycles. The Labute approximate surface area is 192 Å². The van der Waals surface area contributed by atoms with Crippen LogP contribution in [0, 0.1) is 12.7 Å². The molecule has 2 aromatic carbocycles. The first-order valence-corrected chi connectivity index (χ1v) is 11.2. The Morgan fingerprint density at radius 1 is 0.969 bits per heavy atom. The van der Waals surface area contributed by atoms with Gasteiger partial charge in [-0.25, -0.2) is 4.39 Å². The van der Waals surface area contributed by atoms with Crippen molar-refractivity contribution in [2.24, 2.45) is 0 Å². The van der Waals surface area contributed by atoms with E-state index in [2.05, 4.69) is 0 Å². The third-order valence-corrected chi connectivity index (χ3v) is 6.15. The lowest BCUT2D eigenvalue weighted by Gasteiger charge is -2.28. The fourth-order valence-electron chi connectivity index (χ4n) is 3.26. The molecule has 7 heteroatoms. The maximum atomic E-state index is 13.4. The summed E-state index contributed by atoms with van der Waals surface area (Å²) in [4.78, 5) is 30.7. The molecule has 5 nitrogen and oxygen atoms in total. The molecular formula is C25H27FN2O3S. The maximum absolute atomic E-state index is 13.4. The van der Waals surface area contributed by atoms with Gasteiger partial charge in [-0.2, -0.15) is 0 Å². The van der Waals surface area contributed by atoms with Crippen LogP contribution in [0.3, 0.4) is 0 Å². The first-order valence-electron chi connectivity index (χ1n) is 10.4. The zero-order chi connectivity index (χ0) is 22.9. The number of carbonyl (C=O) groups excluding carboxylic acids is 2. The number of nitrogens with zero attached hydrogens (tertiary/aromatic N) is 2. The number of hydrogen-bond acceptors (Lipinski definition) is 4. The van der Waals surface area contributed by atoms with E-state index in [0.29, 0.717) is 31.8 Å². The van der Waals surface area contributed by atoms with Crippen LogP contribution in [-0.2, 0) is 22.6 Å². The van der Waals surface area contributed by atoms with E-state index in [1.807, 2.05) is 24.4 Å². The zero-order valence-corrected chi connectivity index (χ0v) is 19.1. The van der Waals surface area contributed by atoms with Crippen molar-refractivity contribution >= 4 is 23.2 Å². The van der Waals surface area contributed by atoms with E-state index in [1.165, 1.54) is 17.0 Å². The zero-order valence-electron chi connectivity index (χ0n) is 18.3. The monoisotopic (exact) mass is 454 g/mol. The molecule has 0 fully saturated rings. The Hall–Kier alpha value is -3.03. The Morgan fingerprint density at radius 3 is 2.31 bits per heavy atom. The van der Waals surface area contributed by atoms with Crippen molar-refractivity contribution in [3.8, 4) is 0 Å². The maximum Gasteiger partial charge on any atom is 0.254 e. The third kappa shape index (κ3) is 6.48. The van der Waals surface area contributed by atoms with Gasteiger partial charge >= 0.3 is 0 Å².